The summed E-state index contributed by atoms with van der Waals surface area (Å²) in [6.45, 7) is 0.0515. The first-order valence-corrected chi connectivity index (χ1v) is 13.7. The van der Waals surface area contributed by atoms with E-state index in [9.17, 15) is 18.8 Å². The highest BCUT2D eigenvalue weighted by Crippen LogP contribution is 2.62. The maximum atomic E-state index is 14.7. The van der Waals surface area contributed by atoms with Crippen molar-refractivity contribution in [1.29, 1.82) is 0 Å². The molecule has 4 heterocycles. The first kappa shape index (κ1) is 24.5. The first-order valence-electron chi connectivity index (χ1n) is 13.7. The number of carbonyl (C=O) groups is 3. The number of anilines is 1. The number of rotatable bonds is 4. The summed E-state index contributed by atoms with van der Waals surface area (Å²) < 4.78 is 24.9. The van der Waals surface area contributed by atoms with Crippen molar-refractivity contribution < 1.29 is 28.2 Å². The van der Waals surface area contributed by atoms with Gasteiger partial charge >= 0.3 is 0 Å². The van der Waals surface area contributed by atoms with E-state index in [0.717, 1.165) is 11.1 Å². The van der Waals surface area contributed by atoms with Gasteiger partial charge in [-0.25, -0.2) is 4.39 Å². The van der Waals surface area contributed by atoms with Crippen LogP contribution in [0.25, 0.3) is 6.08 Å². The third-order valence-corrected chi connectivity index (χ3v) is 8.91. The lowest BCUT2D eigenvalue weighted by Crippen LogP contribution is -2.49. The molecule has 1 spiro atoms. The average Bonchev–Trinajstić information content (AvgIpc) is 3.70. The molecule has 4 aromatic rings. The fourth-order valence-corrected chi connectivity index (χ4v) is 7.18. The van der Waals surface area contributed by atoms with Crippen LogP contribution in [0, 0.1) is 11.7 Å². The summed E-state index contributed by atoms with van der Waals surface area (Å²) in [4.78, 5) is 45.7. The Morgan fingerprint density at radius 3 is 2.45 bits per heavy atom. The molecule has 206 valence electrons. The summed E-state index contributed by atoms with van der Waals surface area (Å²) >= 11 is 0. The van der Waals surface area contributed by atoms with Crippen LogP contribution < -0.4 is 14.8 Å². The van der Waals surface area contributed by atoms with Crippen molar-refractivity contribution in [1.82, 2.24) is 4.90 Å². The van der Waals surface area contributed by atoms with Crippen LogP contribution in [-0.2, 0) is 10.2 Å². The highest BCUT2D eigenvalue weighted by molar-refractivity contribution is 6.16. The van der Waals surface area contributed by atoms with E-state index in [1.807, 2.05) is 65.7 Å². The third kappa shape index (κ3) is 3.23. The molecule has 0 aromatic heterocycles. The zero-order valence-corrected chi connectivity index (χ0v) is 22.1. The zero-order chi connectivity index (χ0) is 28.6. The monoisotopic (exact) mass is 558 g/mol. The fraction of sp³-hybridized carbons (Fsp3) is 0.147. The van der Waals surface area contributed by atoms with Gasteiger partial charge < -0.3 is 19.7 Å². The number of carbonyl (C=O) groups excluding carboxylic acids is 3. The van der Waals surface area contributed by atoms with Crippen LogP contribution >= 0.6 is 0 Å². The van der Waals surface area contributed by atoms with E-state index in [-0.39, 0.29) is 24.0 Å². The smallest absolute Gasteiger partial charge is 0.238 e. The minimum Gasteiger partial charge on any atom is -0.454 e. The van der Waals surface area contributed by atoms with Gasteiger partial charge in [-0.3, -0.25) is 14.4 Å². The van der Waals surface area contributed by atoms with E-state index < -0.39 is 35.0 Å². The van der Waals surface area contributed by atoms with E-state index in [4.69, 9.17) is 9.47 Å². The van der Waals surface area contributed by atoms with Crippen molar-refractivity contribution in [3.8, 4) is 11.5 Å². The summed E-state index contributed by atoms with van der Waals surface area (Å²) in [5.41, 5.74) is 2.08. The number of ether oxygens (including phenoxy) is 2. The molecule has 4 atom stereocenters. The van der Waals surface area contributed by atoms with Crippen molar-refractivity contribution >= 4 is 29.2 Å². The standard InChI is InChI=1S/C34H23FN2O5/c35-22-12-9-20(10-13-22)30(38)28-29(31(39)21-11-14-26-27(17-21)42-18-41-26)37-16-15-19-5-1-2-6-23(19)32(37)34(28)24-7-3-4-8-25(24)36-33(34)40/h1-17,28-29,32H,18H2,(H,36,40)/t28-,29+,32+,34+/m1/s1. The second-order valence-corrected chi connectivity index (χ2v) is 10.9. The lowest BCUT2D eigenvalue weighted by Gasteiger charge is -2.38. The maximum absolute atomic E-state index is 14.7. The summed E-state index contributed by atoms with van der Waals surface area (Å²) in [5.74, 6) is -1.77. The quantitative estimate of drug-likeness (QED) is 0.332. The number of hydrogen-bond donors (Lipinski definition) is 1. The molecular weight excluding hydrogens is 535 g/mol. The lowest BCUT2D eigenvalue weighted by molar-refractivity contribution is -0.122. The molecule has 1 N–H and O–H groups in total. The Morgan fingerprint density at radius 1 is 0.857 bits per heavy atom. The van der Waals surface area contributed by atoms with E-state index in [1.54, 1.807) is 18.2 Å². The van der Waals surface area contributed by atoms with Crippen LogP contribution in [0.3, 0.4) is 0 Å². The SMILES string of the molecule is O=C(c1ccc2c(c1)OCO2)[C@@H]1[C@H](C(=O)c2ccc(F)cc2)[C@]2(C(=O)Nc3ccccc32)[C@@H]2c3ccccc3C=CN12. The summed E-state index contributed by atoms with van der Waals surface area (Å²) in [6, 6.07) is 23.5. The Bertz CT molecular complexity index is 1850. The Labute approximate surface area is 240 Å². The van der Waals surface area contributed by atoms with Crippen LogP contribution in [0.4, 0.5) is 10.1 Å². The van der Waals surface area contributed by atoms with Gasteiger partial charge in [-0.05, 0) is 71.3 Å². The molecule has 4 aromatic carbocycles. The van der Waals surface area contributed by atoms with Gasteiger partial charge in [0, 0.05) is 23.0 Å². The molecular formula is C34H23FN2O5. The first-order chi connectivity index (χ1) is 20.5. The van der Waals surface area contributed by atoms with Gasteiger partial charge in [0.15, 0.2) is 23.1 Å². The Hall–Kier alpha value is -5.24. The summed E-state index contributed by atoms with van der Waals surface area (Å²) in [6.07, 6.45) is 3.72. The molecule has 1 fully saturated rings. The molecule has 4 aliphatic rings. The molecule has 0 aliphatic carbocycles. The average molecular weight is 559 g/mol. The van der Waals surface area contributed by atoms with Crippen LogP contribution in [0.5, 0.6) is 11.5 Å². The van der Waals surface area contributed by atoms with Gasteiger partial charge in [0.1, 0.15) is 17.3 Å². The van der Waals surface area contributed by atoms with Crippen LogP contribution in [0.2, 0.25) is 0 Å². The fourth-order valence-electron chi connectivity index (χ4n) is 7.18. The molecule has 7 nitrogen and oxygen atoms in total. The van der Waals surface area contributed by atoms with Gasteiger partial charge in [-0.2, -0.15) is 0 Å². The number of amides is 1. The van der Waals surface area contributed by atoms with Crippen LogP contribution in [-0.4, -0.2) is 35.2 Å². The molecule has 0 saturated carbocycles. The normalized spacial score (nSPS) is 24.3. The van der Waals surface area contributed by atoms with Crippen LogP contribution in [0.15, 0.2) is 97.2 Å². The van der Waals surface area contributed by atoms with Crippen molar-refractivity contribution in [2.24, 2.45) is 5.92 Å². The number of halogens is 1. The number of nitrogens with zero attached hydrogens (tertiary/aromatic N) is 1. The second kappa shape index (κ2) is 8.88. The molecule has 0 unspecified atom stereocenters. The molecule has 8 rings (SSSR count). The Balaban J connectivity index is 1.40. The minimum absolute atomic E-state index is 0.0515. The number of ketones is 2. The number of nitrogens with one attached hydrogen (secondary N) is 1. The molecule has 1 amide bonds. The molecule has 8 heteroatoms. The number of fused-ring (bicyclic) bond motifs is 7. The van der Waals surface area contributed by atoms with Gasteiger partial charge in [-0.1, -0.05) is 42.5 Å². The molecule has 0 radical (unpaired) electrons. The summed E-state index contributed by atoms with van der Waals surface area (Å²) in [7, 11) is 0. The topological polar surface area (TPSA) is 84.9 Å². The number of para-hydroxylation sites is 1. The van der Waals surface area contributed by atoms with Gasteiger partial charge in [0.25, 0.3) is 0 Å². The summed E-state index contributed by atoms with van der Waals surface area (Å²) in [5, 5.41) is 3.02. The largest absolute Gasteiger partial charge is 0.454 e. The zero-order valence-electron chi connectivity index (χ0n) is 22.1. The van der Waals surface area contributed by atoms with E-state index in [2.05, 4.69) is 5.32 Å². The van der Waals surface area contributed by atoms with E-state index >= 15 is 0 Å². The number of Topliss-reactive ketones (excluding diaryl/α,β-unsaturated/α-hetero) is 2. The van der Waals surface area contributed by atoms with Crippen molar-refractivity contribution in [2.75, 3.05) is 12.1 Å². The Kier molecular flexibility index (Phi) is 5.19. The molecule has 42 heavy (non-hydrogen) atoms. The van der Waals surface area contributed by atoms with Crippen molar-refractivity contribution in [2.45, 2.75) is 17.5 Å². The molecule has 0 bridgehead atoms. The predicted molar refractivity (Wildman–Crippen MR) is 152 cm³/mol. The third-order valence-electron chi connectivity index (χ3n) is 8.91. The highest BCUT2D eigenvalue weighted by atomic mass is 19.1. The van der Waals surface area contributed by atoms with Crippen LogP contribution in [0.1, 0.15) is 43.4 Å². The van der Waals surface area contributed by atoms with Gasteiger partial charge in [0.05, 0.1) is 12.0 Å². The second-order valence-electron chi connectivity index (χ2n) is 10.9. The van der Waals surface area contributed by atoms with E-state index in [1.165, 1.54) is 24.3 Å². The number of benzene rings is 4. The minimum atomic E-state index is -1.46. The number of hydrogen-bond acceptors (Lipinski definition) is 6. The maximum Gasteiger partial charge on any atom is 0.238 e. The highest BCUT2D eigenvalue weighted by Gasteiger charge is 2.70. The molecule has 1 saturated heterocycles. The van der Waals surface area contributed by atoms with Gasteiger partial charge in [0.2, 0.25) is 12.7 Å². The van der Waals surface area contributed by atoms with E-state index in [0.29, 0.717) is 28.3 Å². The van der Waals surface area contributed by atoms with Crippen molar-refractivity contribution in [3.05, 3.63) is 131 Å². The van der Waals surface area contributed by atoms with Crippen molar-refractivity contribution in [3.63, 3.8) is 0 Å². The molecule has 4 aliphatic heterocycles. The predicted octanol–water partition coefficient (Wildman–Crippen LogP) is 5.54. The Morgan fingerprint density at radius 2 is 1.60 bits per heavy atom. The lowest BCUT2D eigenvalue weighted by atomic mass is 9.62. The van der Waals surface area contributed by atoms with Gasteiger partial charge in [-0.15, -0.1) is 0 Å².